The van der Waals surface area contributed by atoms with Crippen molar-refractivity contribution in [2.24, 2.45) is 5.73 Å². The molecule has 1 atom stereocenters. The van der Waals surface area contributed by atoms with Crippen molar-refractivity contribution in [1.29, 1.82) is 0 Å². The molecular formula is C3H7ClNNaO2S. The van der Waals surface area contributed by atoms with E-state index in [1.165, 1.54) is 0 Å². The van der Waals surface area contributed by atoms with E-state index < -0.39 is 12.0 Å². The molecule has 9 heavy (non-hydrogen) atoms. The van der Waals surface area contributed by atoms with Crippen LogP contribution in [0, 0.1) is 0 Å². The standard InChI is InChI=1S/C3H7NO2S.ClH.Na/c4-2(1-7)3(5)6;;/h2,7H,1,4H2,(H,5,6);1H;/q;;+1/p-1/t2-;;/m0../s1. The molecule has 0 saturated heterocycles. The zero-order valence-electron chi connectivity index (χ0n) is 5.04. The molecule has 0 aromatic carbocycles. The van der Waals surface area contributed by atoms with Crippen molar-refractivity contribution in [3.8, 4) is 0 Å². The quantitative estimate of drug-likeness (QED) is 0.292. The van der Waals surface area contributed by atoms with Gasteiger partial charge in [0.25, 0.3) is 0 Å². The number of hydrogen-bond donors (Lipinski definition) is 3. The molecule has 0 amide bonds. The van der Waals surface area contributed by atoms with Crippen LogP contribution in [-0.2, 0) is 4.79 Å². The molecule has 6 heteroatoms. The van der Waals surface area contributed by atoms with Crippen LogP contribution in [0.25, 0.3) is 0 Å². The van der Waals surface area contributed by atoms with Crippen LogP contribution in [0.15, 0.2) is 0 Å². The number of rotatable bonds is 2. The van der Waals surface area contributed by atoms with E-state index >= 15 is 0 Å². The Hall–Kier alpha value is 1.07. The monoisotopic (exact) mass is 179 g/mol. The van der Waals surface area contributed by atoms with Gasteiger partial charge in [-0.1, -0.05) is 0 Å². The van der Waals surface area contributed by atoms with Gasteiger partial charge in [0.15, 0.2) is 0 Å². The summed E-state index contributed by atoms with van der Waals surface area (Å²) in [6, 6.07) is -0.816. The number of carboxylic acids is 1. The largest absolute Gasteiger partial charge is 1.00 e. The van der Waals surface area contributed by atoms with Crippen molar-refractivity contribution in [1.82, 2.24) is 0 Å². The summed E-state index contributed by atoms with van der Waals surface area (Å²) in [5.41, 5.74) is 4.94. The van der Waals surface area contributed by atoms with Gasteiger partial charge in [-0.05, 0) is 0 Å². The van der Waals surface area contributed by atoms with E-state index in [2.05, 4.69) is 12.6 Å². The predicted octanol–water partition coefficient (Wildman–Crippen LogP) is -6.66. The second-order valence-electron chi connectivity index (χ2n) is 1.13. The molecule has 3 nitrogen and oxygen atoms in total. The third kappa shape index (κ3) is 9.07. The van der Waals surface area contributed by atoms with E-state index in [4.69, 9.17) is 10.8 Å². The summed E-state index contributed by atoms with van der Waals surface area (Å²) in [5, 5.41) is 8.01. The maximum atomic E-state index is 9.76. The third-order valence-corrected chi connectivity index (χ3v) is 0.907. The fraction of sp³-hybridized carbons (Fsp3) is 0.667. The number of carboxylic acid groups (broad SMARTS) is 1. The second-order valence-corrected chi connectivity index (χ2v) is 1.49. The van der Waals surface area contributed by atoms with Gasteiger partial charge in [-0.15, -0.1) is 0 Å². The number of thiol groups is 1. The molecule has 0 aliphatic heterocycles. The molecular weight excluding hydrogens is 173 g/mol. The van der Waals surface area contributed by atoms with E-state index in [9.17, 15) is 4.79 Å². The zero-order valence-corrected chi connectivity index (χ0v) is 8.69. The van der Waals surface area contributed by atoms with Gasteiger partial charge in [-0.3, -0.25) is 4.79 Å². The zero-order chi connectivity index (χ0) is 5.86. The molecule has 0 aliphatic carbocycles. The van der Waals surface area contributed by atoms with E-state index in [-0.39, 0.29) is 47.7 Å². The summed E-state index contributed by atoms with van der Waals surface area (Å²) in [6.45, 7) is 0. The second kappa shape index (κ2) is 9.07. The number of hydrogen-bond acceptors (Lipinski definition) is 3. The minimum Gasteiger partial charge on any atom is -1.00 e. The average Bonchev–Trinajstić information content (AvgIpc) is 1.65. The molecule has 0 heterocycles. The van der Waals surface area contributed by atoms with Crippen LogP contribution in [0.4, 0.5) is 0 Å². The fourth-order valence-electron chi connectivity index (χ4n) is 0.0781. The summed E-state index contributed by atoms with van der Waals surface area (Å²) >= 11 is 3.65. The van der Waals surface area contributed by atoms with Gasteiger partial charge in [0.1, 0.15) is 6.04 Å². The van der Waals surface area contributed by atoms with Gasteiger partial charge < -0.3 is 23.2 Å². The molecule has 3 N–H and O–H groups in total. The number of aliphatic carboxylic acids is 1. The number of nitrogens with two attached hydrogens (primary N) is 1. The molecule has 0 fully saturated rings. The van der Waals surface area contributed by atoms with E-state index in [1.54, 1.807) is 0 Å². The van der Waals surface area contributed by atoms with Crippen molar-refractivity contribution in [3.63, 3.8) is 0 Å². The fourth-order valence-corrected chi connectivity index (χ4v) is 0.234. The average molecular weight is 180 g/mol. The molecule has 0 aliphatic rings. The van der Waals surface area contributed by atoms with Crippen LogP contribution in [0.2, 0.25) is 0 Å². The van der Waals surface area contributed by atoms with Crippen LogP contribution in [0.5, 0.6) is 0 Å². The molecule has 0 rings (SSSR count). The van der Waals surface area contributed by atoms with Crippen LogP contribution in [-0.4, -0.2) is 22.9 Å². The van der Waals surface area contributed by atoms with Crippen molar-refractivity contribution in [3.05, 3.63) is 0 Å². The normalized spacial score (nSPS) is 10.4. The smallest absolute Gasteiger partial charge is 1.00 e. The number of halogens is 1. The maximum Gasteiger partial charge on any atom is 1.00 e. The summed E-state index contributed by atoms with van der Waals surface area (Å²) < 4.78 is 0. The minimum atomic E-state index is -1.00. The van der Waals surface area contributed by atoms with E-state index in [0.29, 0.717) is 0 Å². The van der Waals surface area contributed by atoms with Crippen LogP contribution in [0.3, 0.4) is 0 Å². The van der Waals surface area contributed by atoms with Gasteiger partial charge in [0.2, 0.25) is 0 Å². The minimum absolute atomic E-state index is 0. The Morgan fingerprint density at radius 2 is 2.11 bits per heavy atom. The SMILES string of the molecule is N[C@@H](CS)C(=O)O.[Cl-].[Na+]. The van der Waals surface area contributed by atoms with E-state index in [0.717, 1.165) is 0 Å². The predicted molar refractivity (Wildman–Crippen MR) is 29.5 cm³/mol. The first-order valence-corrected chi connectivity index (χ1v) is 2.41. The van der Waals surface area contributed by atoms with Crippen molar-refractivity contribution >= 4 is 18.6 Å². The molecule has 0 saturated carbocycles. The number of carbonyl (C=O) groups is 1. The summed E-state index contributed by atoms with van der Waals surface area (Å²) in [7, 11) is 0. The van der Waals surface area contributed by atoms with Crippen molar-refractivity contribution in [2.45, 2.75) is 6.04 Å². The van der Waals surface area contributed by atoms with Crippen LogP contribution in [0.1, 0.15) is 0 Å². The first kappa shape index (κ1) is 16.6. The van der Waals surface area contributed by atoms with Gasteiger partial charge in [-0.25, -0.2) is 0 Å². The van der Waals surface area contributed by atoms with Crippen molar-refractivity contribution < 1.29 is 51.9 Å². The Morgan fingerprint density at radius 3 is 2.11 bits per heavy atom. The van der Waals surface area contributed by atoms with Gasteiger partial charge in [-0.2, -0.15) is 12.6 Å². The molecule has 0 unspecified atom stereocenters. The van der Waals surface area contributed by atoms with Crippen LogP contribution >= 0.6 is 12.6 Å². The van der Waals surface area contributed by atoms with Gasteiger partial charge >= 0.3 is 35.5 Å². The Balaban J connectivity index is -0.000000180. The Labute approximate surface area is 87.5 Å². The third-order valence-electron chi connectivity index (χ3n) is 0.514. The molecule has 0 aromatic heterocycles. The first-order chi connectivity index (χ1) is 3.18. The summed E-state index contributed by atoms with van der Waals surface area (Å²) in [4.78, 5) is 9.76. The van der Waals surface area contributed by atoms with Gasteiger partial charge in [0.05, 0.1) is 0 Å². The maximum absolute atomic E-state index is 9.76. The molecule has 50 valence electrons. The first-order valence-electron chi connectivity index (χ1n) is 1.77. The molecule has 0 radical (unpaired) electrons. The summed E-state index contributed by atoms with van der Waals surface area (Å²) in [6.07, 6.45) is 0. The van der Waals surface area contributed by atoms with Gasteiger partial charge in [0, 0.05) is 5.75 Å². The molecule has 0 aromatic rings. The van der Waals surface area contributed by atoms with Crippen LogP contribution < -0.4 is 47.7 Å². The van der Waals surface area contributed by atoms with E-state index in [1.807, 2.05) is 0 Å². The van der Waals surface area contributed by atoms with Crippen molar-refractivity contribution in [2.75, 3.05) is 5.75 Å². The topological polar surface area (TPSA) is 63.3 Å². The Morgan fingerprint density at radius 1 is 1.78 bits per heavy atom. The Bertz CT molecular complexity index is 84.2. The summed E-state index contributed by atoms with van der Waals surface area (Å²) in [5.74, 6) is -0.815. The molecule has 0 spiro atoms. The molecule has 0 bridgehead atoms. The Kier molecular flexibility index (Phi) is 16.7.